The maximum Gasteiger partial charge on any atom is 0.160 e. The van der Waals surface area contributed by atoms with Crippen LogP contribution in [0.15, 0.2) is 194 Å². The number of benzene rings is 8. The summed E-state index contributed by atoms with van der Waals surface area (Å²) in [5.74, 6) is 0.725. The summed E-state index contributed by atoms with van der Waals surface area (Å²) in [6.07, 6.45) is 0. The van der Waals surface area contributed by atoms with E-state index >= 15 is 0 Å². The summed E-state index contributed by atoms with van der Waals surface area (Å²) in [6.45, 7) is 0. The molecule has 0 spiro atoms. The Hall–Kier alpha value is -7.43. The van der Waals surface area contributed by atoms with E-state index in [1.807, 2.05) is 30.3 Å². The quantitative estimate of drug-likeness (QED) is 0.168. The lowest BCUT2D eigenvalue weighted by atomic mass is 9.94. The molecule has 0 bridgehead atoms. The highest BCUT2D eigenvalue weighted by Crippen LogP contribution is 2.43. The van der Waals surface area contributed by atoms with E-state index in [-0.39, 0.29) is 0 Å². The average Bonchev–Trinajstić information content (AvgIpc) is 3.61. The van der Waals surface area contributed by atoms with Crippen LogP contribution in [-0.4, -0.2) is 19.5 Å². The van der Waals surface area contributed by atoms with Gasteiger partial charge in [-0.25, -0.2) is 15.0 Å². The number of para-hydroxylation sites is 4. The summed E-state index contributed by atoms with van der Waals surface area (Å²) >= 11 is 0. The molecule has 0 atom stereocenters. The molecule has 55 heavy (non-hydrogen) atoms. The fourth-order valence-corrected chi connectivity index (χ4v) is 8.26. The van der Waals surface area contributed by atoms with Crippen molar-refractivity contribution in [2.45, 2.75) is 0 Å². The third-order valence-corrected chi connectivity index (χ3v) is 10.8. The van der Waals surface area contributed by atoms with Gasteiger partial charge in [-0.15, -0.1) is 0 Å². The van der Waals surface area contributed by atoms with Crippen molar-refractivity contribution in [1.82, 2.24) is 19.5 Å². The zero-order chi connectivity index (χ0) is 36.3. The maximum atomic E-state index is 5.36. The van der Waals surface area contributed by atoms with Gasteiger partial charge in [0.1, 0.15) is 0 Å². The minimum Gasteiger partial charge on any atom is -0.309 e. The Morgan fingerprint density at radius 2 is 0.909 bits per heavy atom. The van der Waals surface area contributed by atoms with Gasteiger partial charge in [0.15, 0.2) is 5.82 Å². The summed E-state index contributed by atoms with van der Waals surface area (Å²) in [6, 6.07) is 68.4. The Morgan fingerprint density at radius 1 is 0.309 bits per heavy atom. The molecule has 0 aliphatic carbocycles. The topological polar surface area (TPSA) is 43.6 Å². The largest absolute Gasteiger partial charge is 0.309 e. The molecule has 8 aromatic carbocycles. The van der Waals surface area contributed by atoms with E-state index in [0.29, 0.717) is 0 Å². The summed E-state index contributed by atoms with van der Waals surface area (Å²) < 4.78 is 2.38. The summed E-state index contributed by atoms with van der Waals surface area (Å²) in [4.78, 5) is 15.3. The first-order chi connectivity index (χ1) is 27.3. The molecule has 4 heteroatoms. The minimum atomic E-state index is 0.725. The van der Waals surface area contributed by atoms with Crippen molar-refractivity contribution in [3.05, 3.63) is 194 Å². The summed E-state index contributed by atoms with van der Waals surface area (Å²) in [7, 11) is 0. The van der Waals surface area contributed by atoms with Crippen LogP contribution in [0.25, 0.3) is 105 Å². The smallest absolute Gasteiger partial charge is 0.160 e. The molecule has 0 radical (unpaired) electrons. The number of hydrogen-bond acceptors (Lipinski definition) is 3. The van der Waals surface area contributed by atoms with Crippen LogP contribution in [0.2, 0.25) is 0 Å². The molecule has 256 valence electrons. The number of rotatable bonds is 5. The standard InChI is InChI=1S/C51H32N4/c1-3-14-35(15-4-1)51-53-44-24-11-8-21-40(44)49(54-51)34-28-26-33(27-29-34)36-16-13-17-37(32-36)50-42-30-31-46-48(47(42)39-20-7-10-23-43(39)52-50)41-22-9-12-25-45(41)55(46)38-18-5-2-6-19-38/h1-32H. The highest BCUT2D eigenvalue weighted by atomic mass is 15.0. The van der Waals surface area contributed by atoms with Crippen molar-refractivity contribution in [2.75, 3.05) is 0 Å². The summed E-state index contributed by atoms with van der Waals surface area (Å²) in [5.41, 5.74) is 12.7. The Balaban J connectivity index is 1.06. The fourth-order valence-electron chi connectivity index (χ4n) is 8.26. The number of pyridine rings is 1. The Labute approximate surface area is 317 Å². The Bertz CT molecular complexity index is 3240. The highest BCUT2D eigenvalue weighted by molar-refractivity contribution is 6.29. The Morgan fingerprint density at radius 3 is 1.71 bits per heavy atom. The Kier molecular flexibility index (Phi) is 7.14. The molecular weight excluding hydrogens is 669 g/mol. The third kappa shape index (κ3) is 5.11. The molecule has 0 aliphatic rings. The fraction of sp³-hybridized carbons (Fsp3) is 0. The molecule has 11 rings (SSSR count). The molecule has 11 aromatic rings. The van der Waals surface area contributed by atoms with Crippen LogP contribution in [-0.2, 0) is 0 Å². The number of aromatic nitrogens is 4. The molecule has 3 aromatic heterocycles. The molecule has 0 N–H and O–H groups in total. The van der Waals surface area contributed by atoms with Crippen molar-refractivity contribution in [1.29, 1.82) is 0 Å². The molecular formula is C51H32N4. The first-order valence-electron chi connectivity index (χ1n) is 18.6. The molecule has 0 saturated heterocycles. The minimum absolute atomic E-state index is 0.725. The molecule has 3 heterocycles. The average molecular weight is 701 g/mol. The van der Waals surface area contributed by atoms with E-state index in [4.69, 9.17) is 15.0 Å². The first-order valence-corrected chi connectivity index (χ1v) is 18.6. The molecule has 0 unspecified atom stereocenters. The van der Waals surface area contributed by atoms with Crippen LogP contribution < -0.4 is 0 Å². The van der Waals surface area contributed by atoms with E-state index in [1.54, 1.807) is 0 Å². The van der Waals surface area contributed by atoms with Crippen molar-refractivity contribution in [2.24, 2.45) is 0 Å². The van der Waals surface area contributed by atoms with Crippen molar-refractivity contribution >= 4 is 54.4 Å². The van der Waals surface area contributed by atoms with Gasteiger partial charge in [-0.2, -0.15) is 0 Å². The van der Waals surface area contributed by atoms with Gasteiger partial charge in [-0.1, -0.05) is 152 Å². The highest BCUT2D eigenvalue weighted by Gasteiger charge is 2.20. The summed E-state index contributed by atoms with van der Waals surface area (Å²) in [5, 5.41) is 7.03. The van der Waals surface area contributed by atoms with E-state index < -0.39 is 0 Å². The third-order valence-electron chi connectivity index (χ3n) is 10.8. The van der Waals surface area contributed by atoms with Gasteiger partial charge >= 0.3 is 0 Å². The van der Waals surface area contributed by atoms with Crippen molar-refractivity contribution in [3.63, 3.8) is 0 Å². The van der Waals surface area contributed by atoms with E-state index in [0.717, 1.165) is 77.9 Å². The molecule has 4 nitrogen and oxygen atoms in total. The van der Waals surface area contributed by atoms with Gasteiger partial charge in [0.05, 0.1) is 33.5 Å². The second-order valence-electron chi connectivity index (χ2n) is 14.0. The second-order valence-corrected chi connectivity index (χ2v) is 14.0. The van der Waals surface area contributed by atoms with Gasteiger partial charge in [0.25, 0.3) is 0 Å². The van der Waals surface area contributed by atoms with E-state index in [2.05, 4.69) is 168 Å². The predicted molar refractivity (Wildman–Crippen MR) is 228 cm³/mol. The van der Waals surface area contributed by atoms with Gasteiger partial charge in [0, 0.05) is 54.7 Å². The molecule has 0 amide bonds. The zero-order valence-electron chi connectivity index (χ0n) is 29.8. The van der Waals surface area contributed by atoms with Crippen LogP contribution in [0.3, 0.4) is 0 Å². The molecule has 0 saturated carbocycles. The van der Waals surface area contributed by atoms with Crippen molar-refractivity contribution < 1.29 is 0 Å². The normalized spacial score (nSPS) is 11.6. The molecule has 0 aliphatic heterocycles. The van der Waals surface area contributed by atoms with Gasteiger partial charge in [-0.3, -0.25) is 0 Å². The van der Waals surface area contributed by atoms with Crippen LogP contribution in [0, 0.1) is 0 Å². The van der Waals surface area contributed by atoms with Gasteiger partial charge < -0.3 is 4.57 Å². The van der Waals surface area contributed by atoms with Crippen LogP contribution in [0.4, 0.5) is 0 Å². The monoisotopic (exact) mass is 700 g/mol. The number of fused-ring (bicyclic) bond motifs is 8. The number of hydrogen-bond donors (Lipinski definition) is 0. The van der Waals surface area contributed by atoms with E-state index in [1.165, 1.54) is 27.2 Å². The zero-order valence-corrected chi connectivity index (χ0v) is 29.8. The predicted octanol–water partition coefficient (Wildman–Crippen LogP) is 13.1. The first kappa shape index (κ1) is 31.1. The lowest BCUT2D eigenvalue weighted by Gasteiger charge is -2.14. The maximum absolute atomic E-state index is 5.36. The van der Waals surface area contributed by atoms with E-state index in [9.17, 15) is 0 Å². The lowest BCUT2D eigenvalue weighted by molar-refractivity contribution is 1.18. The van der Waals surface area contributed by atoms with Crippen molar-refractivity contribution in [3.8, 4) is 50.7 Å². The second kappa shape index (κ2) is 12.6. The number of nitrogens with zero attached hydrogens (tertiary/aromatic N) is 4. The lowest BCUT2D eigenvalue weighted by Crippen LogP contribution is -1.95. The molecule has 0 fully saturated rings. The SMILES string of the molecule is c1ccc(-c2nc(-c3ccc(-c4cccc(-c5nc6ccccc6c6c5ccc5c6c6ccccc6n5-c5ccccc5)c4)cc3)c3ccccc3n2)cc1. The van der Waals surface area contributed by atoms with Crippen LogP contribution >= 0.6 is 0 Å². The van der Waals surface area contributed by atoms with Gasteiger partial charge in [0.2, 0.25) is 0 Å². The van der Waals surface area contributed by atoms with Gasteiger partial charge in [-0.05, 0) is 53.6 Å². The van der Waals surface area contributed by atoms with Crippen LogP contribution in [0.5, 0.6) is 0 Å². The van der Waals surface area contributed by atoms with Crippen LogP contribution in [0.1, 0.15) is 0 Å².